The van der Waals surface area contributed by atoms with Crippen molar-refractivity contribution in [3.8, 4) is 0 Å². The molecule has 0 bridgehead atoms. The van der Waals surface area contributed by atoms with Crippen molar-refractivity contribution in [3.05, 3.63) is 35.4 Å². The number of hydrogen-bond donors (Lipinski definition) is 1. The maximum Gasteiger partial charge on any atom is 0.391 e. The van der Waals surface area contributed by atoms with E-state index in [1.54, 1.807) is 0 Å². The van der Waals surface area contributed by atoms with Gasteiger partial charge in [-0.05, 0) is 19.1 Å². The number of halogens is 3. The number of alkyl halides is 3. The molecule has 0 saturated carbocycles. The number of carbonyl (C=O) groups excluding carboxylic acids is 3. The van der Waals surface area contributed by atoms with Gasteiger partial charge in [0.1, 0.15) is 6.04 Å². The van der Waals surface area contributed by atoms with Crippen LogP contribution in [0.2, 0.25) is 0 Å². The van der Waals surface area contributed by atoms with Crippen LogP contribution >= 0.6 is 0 Å². The molecule has 1 rings (SSSR count). The molecule has 0 aliphatic heterocycles. The summed E-state index contributed by atoms with van der Waals surface area (Å²) in [5.41, 5.74) is 0.387. The van der Waals surface area contributed by atoms with Crippen molar-refractivity contribution in [2.45, 2.75) is 25.6 Å². The highest BCUT2D eigenvalue weighted by Crippen LogP contribution is 2.22. The second-order valence-corrected chi connectivity index (χ2v) is 4.50. The maximum atomic E-state index is 12.4. The van der Waals surface area contributed by atoms with Crippen molar-refractivity contribution >= 4 is 17.7 Å². The summed E-state index contributed by atoms with van der Waals surface area (Å²) in [7, 11) is 0.930. The number of benzene rings is 1. The molecule has 1 atom stereocenters. The van der Waals surface area contributed by atoms with E-state index in [9.17, 15) is 27.6 Å². The number of esters is 1. The first-order valence-electron chi connectivity index (χ1n) is 6.20. The fourth-order valence-corrected chi connectivity index (χ4v) is 1.66. The van der Waals surface area contributed by atoms with E-state index in [2.05, 4.69) is 4.74 Å². The minimum Gasteiger partial charge on any atom is -0.467 e. The second kappa shape index (κ2) is 7.06. The average molecular weight is 317 g/mol. The summed E-state index contributed by atoms with van der Waals surface area (Å²) in [6.07, 6.45) is -6.17. The number of methoxy groups -OCH3 is 1. The van der Waals surface area contributed by atoms with Gasteiger partial charge in [-0.25, -0.2) is 4.79 Å². The van der Waals surface area contributed by atoms with Crippen molar-refractivity contribution in [1.29, 1.82) is 0 Å². The Hall–Kier alpha value is -2.38. The quantitative estimate of drug-likeness (QED) is 0.667. The Balaban J connectivity index is 2.86. The highest BCUT2D eigenvalue weighted by atomic mass is 19.4. The summed E-state index contributed by atoms with van der Waals surface area (Å²) in [6.45, 7) is 1.34. The van der Waals surface area contributed by atoms with Gasteiger partial charge in [-0.1, -0.05) is 12.1 Å². The lowest BCUT2D eigenvalue weighted by atomic mass is 10.1. The number of rotatable bonds is 5. The number of Topliss-reactive ketones (excluding diaryl/α,β-unsaturated/α-hetero) is 1. The lowest BCUT2D eigenvalue weighted by Gasteiger charge is -2.18. The van der Waals surface area contributed by atoms with Gasteiger partial charge in [0.25, 0.3) is 5.91 Å². The van der Waals surface area contributed by atoms with Gasteiger partial charge >= 0.3 is 12.1 Å². The van der Waals surface area contributed by atoms with E-state index in [1.807, 2.05) is 5.32 Å². The molecular weight excluding hydrogens is 303 g/mol. The van der Waals surface area contributed by atoms with Crippen LogP contribution in [-0.2, 0) is 9.53 Å². The Labute approximate surface area is 124 Å². The standard InChI is InChI=1S/C14H14F3NO4/c1-8(19)9-3-5-10(6-4-9)12(20)18-11(13(21)22-2)7-14(15,16)17/h3-6,11H,7H2,1-2H3,(H,18,20)/t11-/m1/s1. The van der Waals surface area contributed by atoms with Crippen molar-refractivity contribution in [1.82, 2.24) is 5.32 Å². The zero-order valence-electron chi connectivity index (χ0n) is 11.9. The molecule has 0 fully saturated rings. The third-order valence-corrected chi connectivity index (χ3v) is 2.78. The topological polar surface area (TPSA) is 72.5 Å². The van der Waals surface area contributed by atoms with Crippen molar-refractivity contribution < 1.29 is 32.3 Å². The summed E-state index contributed by atoms with van der Waals surface area (Å²) in [5, 5.41) is 1.97. The molecular formula is C14H14F3NO4. The summed E-state index contributed by atoms with van der Waals surface area (Å²) >= 11 is 0. The molecule has 5 nitrogen and oxygen atoms in total. The molecule has 0 heterocycles. The van der Waals surface area contributed by atoms with Crippen LogP contribution < -0.4 is 5.32 Å². The van der Waals surface area contributed by atoms with Crippen molar-refractivity contribution in [2.24, 2.45) is 0 Å². The summed E-state index contributed by atoms with van der Waals surface area (Å²) < 4.78 is 41.4. The van der Waals surface area contributed by atoms with Gasteiger partial charge in [-0.15, -0.1) is 0 Å². The molecule has 1 amide bonds. The van der Waals surface area contributed by atoms with E-state index in [4.69, 9.17) is 0 Å². The molecule has 8 heteroatoms. The molecule has 120 valence electrons. The molecule has 1 aromatic rings. The third kappa shape index (κ3) is 5.19. The van der Waals surface area contributed by atoms with Crippen molar-refractivity contribution in [2.75, 3.05) is 7.11 Å². The lowest BCUT2D eigenvalue weighted by Crippen LogP contribution is -2.44. The largest absolute Gasteiger partial charge is 0.467 e. The molecule has 1 aromatic carbocycles. The molecule has 0 unspecified atom stereocenters. The van der Waals surface area contributed by atoms with Crippen LogP contribution in [-0.4, -0.2) is 37.0 Å². The number of ketones is 1. The average Bonchev–Trinajstić information content (AvgIpc) is 2.44. The normalized spacial score (nSPS) is 12.4. The van der Waals surface area contributed by atoms with Gasteiger partial charge in [0.05, 0.1) is 13.5 Å². The van der Waals surface area contributed by atoms with E-state index < -0.39 is 30.5 Å². The first-order chi connectivity index (χ1) is 10.1. The van der Waals surface area contributed by atoms with E-state index in [0.717, 1.165) is 7.11 Å². The Morgan fingerprint density at radius 1 is 1.14 bits per heavy atom. The zero-order chi connectivity index (χ0) is 16.9. The molecule has 0 radical (unpaired) electrons. The number of ether oxygens (including phenoxy) is 1. The smallest absolute Gasteiger partial charge is 0.391 e. The molecule has 0 spiro atoms. The summed E-state index contributed by atoms with van der Waals surface area (Å²) in [6, 6.07) is 3.48. The lowest BCUT2D eigenvalue weighted by molar-refractivity contribution is -0.160. The molecule has 22 heavy (non-hydrogen) atoms. The van der Waals surface area contributed by atoms with E-state index in [1.165, 1.54) is 31.2 Å². The Morgan fingerprint density at radius 2 is 1.64 bits per heavy atom. The first kappa shape index (κ1) is 17.7. The minimum atomic E-state index is -4.63. The summed E-state index contributed by atoms with van der Waals surface area (Å²) in [4.78, 5) is 34.3. The highest BCUT2D eigenvalue weighted by Gasteiger charge is 2.37. The van der Waals surface area contributed by atoms with Crippen LogP contribution in [0.1, 0.15) is 34.1 Å². The third-order valence-electron chi connectivity index (χ3n) is 2.78. The predicted molar refractivity (Wildman–Crippen MR) is 70.4 cm³/mol. The van der Waals surface area contributed by atoms with Gasteiger partial charge < -0.3 is 10.1 Å². The van der Waals surface area contributed by atoms with Crippen LogP contribution in [0.4, 0.5) is 13.2 Å². The fraction of sp³-hybridized carbons (Fsp3) is 0.357. The Morgan fingerprint density at radius 3 is 2.05 bits per heavy atom. The Bertz CT molecular complexity index is 566. The number of amides is 1. The summed E-state index contributed by atoms with van der Waals surface area (Å²) in [5.74, 6) is -2.27. The maximum absolute atomic E-state index is 12.4. The fourth-order valence-electron chi connectivity index (χ4n) is 1.66. The number of nitrogens with one attached hydrogen (secondary N) is 1. The molecule has 0 aromatic heterocycles. The van der Waals surface area contributed by atoms with Crippen molar-refractivity contribution in [3.63, 3.8) is 0 Å². The van der Waals surface area contributed by atoms with Gasteiger partial charge in [0, 0.05) is 11.1 Å². The van der Waals surface area contributed by atoms with Gasteiger partial charge in [0.15, 0.2) is 5.78 Å². The SMILES string of the molecule is COC(=O)[C@@H](CC(F)(F)F)NC(=O)c1ccc(C(C)=O)cc1. The van der Waals surface area contributed by atoms with Gasteiger partial charge in [-0.2, -0.15) is 13.2 Å². The van der Waals surface area contributed by atoms with Crippen LogP contribution in [0.3, 0.4) is 0 Å². The molecule has 1 N–H and O–H groups in total. The Kier molecular flexibility index (Phi) is 5.67. The monoisotopic (exact) mass is 317 g/mol. The predicted octanol–water partition coefficient (Wildman–Crippen LogP) is 2.11. The zero-order valence-corrected chi connectivity index (χ0v) is 11.9. The van der Waals surface area contributed by atoms with Gasteiger partial charge in [0.2, 0.25) is 0 Å². The van der Waals surface area contributed by atoms with E-state index in [-0.39, 0.29) is 11.3 Å². The van der Waals surface area contributed by atoms with Crippen LogP contribution in [0.5, 0.6) is 0 Å². The second-order valence-electron chi connectivity index (χ2n) is 4.50. The van der Waals surface area contributed by atoms with Crippen LogP contribution in [0.25, 0.3) is 0 Å². The number of hydrogen-bond acceptors (Lipinski definition) is 4. The molecule has 0 saturated heterocycles. The van der Waals surface area contributed by atoms with E-state index in [0.29, 0.717) is 5.56 Å². The highest BCUT2D eigenvalue weighted by molar-refractivity contribution is 5.99. The molecule has 0 aliphatic carbocycles. The van der Waals surface area contributed by atoms with E-state index >= 15 is 0 Å². The number of carbonyl (C=O) groups is 3. The van der Waals surface area contributed by atoms with Gasteiger partial charge in [-0.3, -0.25) is 9.59 Å². The van der Waals surface area contributed by atoms with Crippen LogP contribution in [0, 0.1) is 0 Å². The minimum absolute atomic E-state index is 0.0288. The first-order valence-corrected chi connectivity index (χ1v) is 6.20. The van der Waals surface area contributed by atoms with Crippen LogP contribution in [0.15, 0.2) is 24.3 Å². The molecule has 0 aliphatic rings.